The number of nitrogens with zero attached hydrogens (tertiary/aromatic N) is 2. The van der Waals surface area contributed by atoms with E-state index >= 15 is 0 Å². The smallest absolute Gasteiger partial charge is 0.410 e. The molecule has 2 aromatic rings. The maximum atomic E-state index is 12.9. The van der Waals surface area contributed by atoms with E-state index in [0.29, 0.717) is 37.5 Å². The van der Waals surface area contributed by atoms with Crippen LogP contribution in [0, 0.1) is 5.92 Å². The number of carbonyl (C=O) groups excluding carboxylic acids is 2. The van der Waals surface area contributed by atoms with Crippen LogP contribution in [0.4, 0.5) is 4.79 Å². The monoisotopic (exact) mass is 452 g/mol. The highest BCUT2D eigenvalue weighted by molar-refractivity contribution is 5.94. The van der Waals surface area contributed by atoms with E-state index in [-0.39, 0.29) is 17.9 Å². The molecule has 1 atom stereocenters. The number of hydrogen-bond acceptors (Lipinski definition) is 5. The van der Waals surface area contributed by atoms with Crippen LogP contribution in [0.15, 0.2) is 54.6 Å². The molecule has 2 aliphatic heterocycles. The molecule has 2 aliphatic rings. The molecule has 4 rings (SSSR count). The summed E-state index contributed by atoms with van der Waals surface area (Å²) < 4.78 is 10.9. The molecule has 2 amide bonds. The fourth-order valence-corrected chi connectivity index (χ4v) is 4.59. The predicted molar refractivity (Wildman–Crippen MR) is 120 cm³/mol. The van der Waals surface area contributed by atoms with Crippen molar-refractivity contribution in [2.24, 2.45) is 5.92 Å². The van der Waals surface area contributed by atoms with Crippen molar-refractivity contribution < 1.29 is 29.0 Å². The maximum Gasteiger partial charge on any atom is 0.410 e. The lowest BCUT2D eigenvalue weighted by Gasteiger charge is -2.39. The quantitative estimate of drug-likeness (QED) is 0.692. The summed E-state index contributed by atoms with van der Waals surface area (Å²) in [6.45, 7) is 3.82. The number of aliphatic carboxylic acids is 1. The second kappa shape index (κ2) is 9.52. The highest BCUT2D eigenvalue weighted by atomic mass is 16.6. The van der Waals surface area contributed by atoms with Crippen LogP contribution in [0.3, 0.4) is 0 Å². The summed E-state index contributed by atoms with van der Waals surface area (Å²) in [5.41, 5.74) is 1.03. The molecule has 0 spiro atoms. The lowest BCUT2D eigenvalue weighted by molar-refractivity contribution is -0.139. The summed E-state index contributed by atoms with van der Waals surface area (Å²) in [6, 6.07) is 16.4. The second-order valence-corrected chi connectivity index (χ2v) is 8.80. The summed E-state index contributed by atoms with van der Waals surface area (Å²) in [5, 5.41) is 8.69. The van der Waals surface area contributed by atoms with E-state index in [1.807, 2.05) is 42.2 Å². The van der Waals surface area contributed by atoms with Crippen molar-refractivity contribution in [1.82, 2.24) is 9.80 Å². The van der Waals surface area contributed by atoms with Crippen LogP contribution >= 0.6 is 0 Å². The normalized spacial score (nSPS) is 21.1. The fraction of sp³-hybridized carbons (Fsp3) is 0.400. The zero-order valence-corrected chi connectivity index (χ0v) is 18.6. The SMILES string of the molecule is C[C@@]1(C2CCN(C(=O)c3ccc(OCC(=O)O)cc3)CC2)CN(Cc2ccccc2)C(=O)O1. The second-order valence-electron chi connectivity index (χ2n) is 8.80. The van der Waals surface area contributed by atoms with Gasteiger partial charge in [0.1, 0.15) is 11.4 Å². The maximum absolute atomic E-state index is 12.9. The molecule has 0 bridgehead atoms. The number of piperidine rings is 1. The summed E-state index contributed by atoms with van der Waals surface area (Å²) in [6.07, 6.45) is 1.23. The molecule has 2 fully saturated rings. The van der Waals surface area contributed by atoms with Gasteiger partial charge in [-0.1, -0.05) is 30.3 Å². The molecular formula is C25H28N2O6. The van der Waals surface area contributed by atoms with E-state index in [0.717, 1.165) is 18.4 Å². The van der Waals surface area contributed by atoms with Gasteiger partial charge in [-0.25, -0.2) is 9.59 Å². The molecule has 0 unspecified atom stereocenters. The van der Waals surface area contributed by atoms with Crippen LogP contribution in [0.1, 0.15) is 35.7 Å². The van der Waals surface area contributed by atoms with Gasteiger partial charge < -0.3 is 19.5 Å². The number of hydrogen-bond donors (Lipinski definition) is 1. The van der Waals surface area contributed by atoms with Crippen LogP contribution in [0.2, 0.25) is 0 Å². The van der Waals surface area contributed by atoms with Gasteiger partial charge in [-0.15, -0.1) is 0 Å². The van der Waals surface area contributed by atoms with Crippen LogP contribution in [0.5, 0.6) is 5.75 Å². The molecule has 8 nitrogen and oxygen atoms in total. The molecule has 1 N–H and O–H groups in total. The number of carboxylic acid groups (broad SMARTS) is 1. The van der Waals surface area contributed by atoms with Crippen LogP contribution < -0.4 is 4.74 Å². The molecule has 33 heavy (non-hydrogen) atoms. The van der Waals surface area contributed by atoms with Crippen molar-refractivity contribution in [2.45, 2.75) is 31.9 Å². The van der Waals surface area contributed by atoms with Crippen molar-refractivity contribution in [3.63, 3.8) is 0 Å². The number of amides is 2. The summed E-state index contributed by atoms with van der Waals surface area (Å²) in [4.78, 5) is 39.6. The Morgan fingerprint density at radius 2 is 1.76 bits per heavy atom. The van der Waals surface area contributed by atoms with Crippen LogP contribution in [-0.4, -0.2) is 64.7 Å². The van der Waals surface area contributed by atoms with Crippen molar-refractivity contribution in [3.05, 3.63) is 65.7 Å². The van der Waals surface area contributed by atoms with Gasteiger partial charge in [0.2, 0.25) is 0 Å². The number of benzene rings is 2. The Bertz CT molecular complexity index is 1000. The third-order valence-corrected chi connectivity index (χ3v) is 6.41. The van der Waals surface area contributed by atoms with Gasteiger partial charge in [-0.3, -0.25) is 9.69 Å². The Hall–Kier alpha value is -3.55. The van der Waals surface area contributed by atoms with Crippen molar-refractivity contribution >= 4 is 18.0 Å². The summed E-state index contributed by atoms with van der Waals surface area (Å²) in [7, 11) is 0. The zero-order chi connectivity index (χ0) is 23.4. The molecule has 0 aromatic heterocycles. The van der Waals surface area contributed by atoms with Crippen molar-refractivity contribution in [1.29, 1.82) is 0 Å². The Balaban J connectivity index is 1.31. The Morgan fingerprint density at radius 3 is 2.39 bits per heavy atom. The van der Waals surface area contributed by atoms with E-state index in [1.54, 1.807) is 29.2 Å². The predicted octanol–water partition coefficient (Wildman–Crippen LogP) is 3.41. The summed E-state index contributed by atoms with van der Waals surface area (Å²) in [5.74, 6) is -0.540. The van der Waals surface area contributed by atoms with Crippen LogP contribution in [-0.2, 0) is 16.1 Å². The van der Waals surface area contributed by atoms with Gasteiger partial charge in [0.15, 0.2) is 6.61 Å². The van der Waals surface area contributed by atoms with Crippen molar-refractivity contribution in [2.75, 3.05) is 26.2 Å². The molecule has 0 aliphatic carbocycles. The first-order chi connectivity index (χ1) is 15.8. The van der Waals surface area contributed by atoms with E-state index in [4.69, 9.17) is 14.6 Å². The molecule has 2 heterocycles. The minimum Gasteiger partial charge on any atom is -0.482 e. The topological polar surface area (TPSA) is 96.4 Å². The third-order valence-electron chi connectivity index (χ3n) is 6.41. The van der Waals surface area contributed by atoms with Gasteiger partial charge in [0, 0.05) is 31.1 Å². The standard InChI is InChI=1S/C25H28N2O6/c1-25(17-27(24(31)33-25)15-18-5-3-2-4-6-18)20-11-13-26(14-12-20)23(30)19-7-9-21(10-8-19)32-16-22(28)29/h2-10,20H,11-17H2,1H3,(H,28,29)/t25-/m0/s1. The van der Waals surface area contributed by atoms with E-state index in [2.05, 4.69) is 0 Å². The number of ether oxygens (including phenoxy) is 2. The number of carboxylic acids is 1. The number of likely N-dealkylation sites (tertiary alicyclic amines) is 1. The van der Waals surface area contributed by atoms with Gasteiger partial charge in [0.05, 0.1) is 6.54 Å². The average molecular weight is 453 g/mol. The lowest BCUT2D eigenvalue weighted by Crippen LogP contribution is -2.47. The van der Waals surface area contributed by atoms with Gasteiger partial charge in [-0.05, 0) is 49.6 Å². The van der Waals surface area contributed by atoms with Gasteiger partial charge in [-0.2, -0.15) is 0 Å². The first kappa shape index (κ1) is 22.6. The van der Waals surface area contributed by atoms with Crippen molar-refractivity contribution in [3.8, 4) is 5.75 Å². The highest BCUT2D eigenvalue weighted by Gasteiger charge is 2.47. The minimum absolute atomic E-state index is 0.0718. The van der Waals surface area contributed by atoms with E-state index in [1.165, 1.54) is 0 Å². The lowest BCUT2D eigenvalue weighted by atomic mass is 9.81. The molecule has 0 radical (unpaired) electrons. The van der Waals surface area contributed by atoms with E-state index in [9.17, 15) is 14.4 Å². The number of cyclic esters (lactones) is 1. The molecule has 8 heteroatoms. The average Bonchev–Trinajstić information content (AvgIpc) is 3.12. The first-order valence-electron chi connectivity index (χ1n) is 11.1. The van der Waals surface area contributed by atoms with Gasteiger partial charge in [0.25, 0.3) is 5.91 Å². The first-order valence-corrected chi connectivity index (χ1v) is 11.1. The largest absolute Gasteiger partial charge is 0.482 e. The molecule has 174 valence electrons. The van der Waals surface area contributed by atoms with Gasteiger partial charge >= 0.3 is 12.1 Å². The molecule has 0 saturated carbocycles. The Kier molecular flexibility index (Phi) is 6.53. The zero-order valence-electron chi connectivity index (χ0n) is 18.6. The highest BCUT2D eigenvalue weighted by Crippen LogP contribution is 2.37. The Morgan fingerprint density at radius 1 is 1.09 bits per heavy atom. The number of rotatable bonds is 7. The fourth-order valence-electron chi connectivity index (χ4n) is 4.59. The van der Waals surface area contributed by atoms with Crippen LogP contribution in [0.25, 0.3) is 0 Å². The summed E-state index contributed by atoms with van der Waals surface area (Å²) >= 11 is 0. The molecule has 2 aromatic carbocycles. The third kappa shape index (κ3) is 5.27. The molecule has 2 saturated heterocycles. The minimum atomic E-state index is -1.05. The number of carbonyl (C=O) groups is 3. The van der Waals surface area contributed by atoms with E-state index < -0.39 is 18.2 Å². The Labute approximate surface area is 192 Å². The molecular weight excluding hydrogens is 424 g/mol.